The molecule has 2 heterocycles. The second-order valence-electron chi connectivity index (χ2n) is 6.67. The second kappa shape index (κ2) is 6.46. The van der Waals surface area contributed by atoms with Gasteiger partial charge in [0.25, 0.3) is 11.6 Å². The average molecular weight is 351 g/mol. The molecule has 2 aromatic rings. The first-order valence-corrected chi connectivity index (χ1v) is 8.90. The summed E-state index contributed by atoms with van der Waals surface area (Å²) in [4.78, 5) is 29.1. The van der Waals surface area contributed by atoms with Crippen LogP contribution in [-0.4, -0.2) is 35.0 Å². The van der Waals surface area contributed by atoms with E-state index >= 15 is 0 Å². The van der Waals surface area contributed by atoms with E-state index in [1.807, 2.05) is 6.07 Å². The lowest BCUT2D eigenvalue weighted by Crippen LogP contribution is -2.63. The summed E-state index contributed by atoms with van der Waals surface area (Å²) in [7, 11) is 0. The van der Waals surface area contributed by atoms with Crippen LogP contribution in [0, 0.1) is 0 Å². The van der Waals surface area contributed by atoms with E-state index in [1.54, 1.807) is 53.4 Å². The van der Waals surface area contributed by atoms with Gasteiger partial charge in [-0.3, -0.25) is 9.69 Å². The van der Waals surface area contributed by atoms with Crippen molar-refractivity contribution in [3.63, 3.8) is 0 Å². The minimum Gasteiger partial charge on any atom is -0.359 e. The molecule has 26 heavy (non-hydrogen) atoms. The Hall–Kier alpha value is -2.86. The highest BCUT2D eigenvalue weighted by atomic mass is 16.3. The molecule has 2 aliphatic heterocycles. The summed E-state index contributed by atoms with van der Waals surface area (Å²) >= 11 is 0. The van der Waals surface area contributed by atoms with E-state index in [0.717, 1.165) is 24.2 Å². The first-order chi connectivity index (χ1) is 12.6. The lowest BCUT2D eigenvalue weighted by Gasteiger charge is -2.45. The fraction of sp³-hybridized carbons (Fsp3) is 0.300. The van der Waals surface area contributed by atoms with Gasteiger partial charge in [-0.1, -0.05) is 36.4 Å². The fourth-order valence-corrected chi connectivity index (χ4v) is 3.74. The van der Waals surface area contributed by atoms with Crippen molar-refractivity contribution in [3.05, 3.63) is 60.2 Å². The summed E-state index contributed by atoms with van der Waals surface area (Å²) in [6.45, 7) is 1.18. The predicted molar refractivity (Wildman–Crippen MR) is 98.7 cm³/mol. The standard InChI is InChI=1S/C20H21N3O3/c24-18(22-13-7-2-8-14-22)20(26)16-11-5-6-12-17(16)21-19(25)23(20)15-9-3-1-4-10-15/h1,3-6,9-12,26H,2,7-8,13-14H2,(H,21,25)/t20-/m0/s1. The molecule has 4 rings (SSSR count). The van der Waals surface area contributed by atoms with Crippen LogP contribution in [-0.2, 0) is 10.5 Å². The number of hydrogen-bond acceptors (Lipinski definition) is 3. The zero-order valence-corrected chi connectivity index (χ0v) is 14.4. The minimum absolute atomic E-state index is 0.388. The van der Waals surface area contributed by atoms with Gasteiger partial charge in [-0.05, 0) is 37.5 Å². The van der Waals surface area contributed by atoms with Crippen LogP contribution >= 0.6 is 0 Å². The highest BCUT2D eigenvalue weighted by Crippen LogP contribution is 2.40. The maximum absolute atomic E-state index is 13.4. The number of urea groups is 1. The molecule has 6 nitrogen and oxygen atoms in total. The summed E-state index contributed by atoms with van der Waals surface area (Å²) in [6.07, 6.45) is 2.88. The molecule has 3 amide bonds. The zero-order chi connectivity index (χ0) is 18.1. The predicted octanol–water partition coefficient (Wildman–Crippen LogP) is 2.90. The van der Waals surface area contributed by atoms with Crippen LogP contribution in [0.25, 0.3) is 0 Å². The lowest BCUT2D eigenvalue weighted by molar-refractivity contribution is -0.152. The highest BCUT2D eigenvalue weighted by molar-refractivity contribution is 6.11. The maximum Gasteiger partial charge on any atom is 0.329 e. The number of para-hydroxylation sites is 2. The summed E-state index contributed by atoms with van der Waals surface area (Å²) in [5.41, 5.74) is -0.763. The quantitative estimate of drug-likeness (QED) is 0.874. The normalized spacial score (nSPS) is 22.6. The van der Waals surface area contributed by atoms with Crippen molar-refractivity contribution in [1.82, 2.24) is 4.90 Å². The Morgan fingerprint density at radius 3 is 2.35 bits per heavy atom. The van der Waals surface area contributed by atoms with Gasteiger partial charge in [-0.25, -0.2) is 4.79 Å². The Balaban J connectivity index is 1.87. The minimum atomic E-state index is -2.07. The summed E-state index contributed by atoms with van der Waals surface area (Å²) in [5.74, 6) is -0.455. The van der Waals surface area contributed by atoms with Gasteiger partial charge >= 0.3 is 6.03 Å². The van der Waals surface area contributed by atoms with E-state index in [-0.39, 0.29) is 0 Å². The first kappa shape index (κ1) is 16.6. The van der Waals surface area contributed by atoms with Crippen LogP contribution in [0.1, 0.15) is 24.8 Å². The van der Waals surface area contributed by atoms with Gasteiger partial charge in [0.2, 0.25) is 0 Å². The van der Waals surface area contributed by atoms with Crippen molar-refractivity contribution in [2.75, 3.05) is 23.3 Å². The Labute approximate surface area is 152 Å². The average Bonchev–Trinajstić information content (AvgIpc) is 2.69. The zero-order valence-electron chi connectivity index (χ0n) is 14.4. The molecule has 6 heteroatoms. The summed E-state index contributed by atoms with van der Waals surface area (Å²) in [5, 5.41) is 14.5. The molecule has 134 valence electrons. The molecule has 0 saturated carbocycles. The molecule has 0 radical (unpaired) electrons. The number of carbonyl (C=O) groups excluding carboxylic acids is 2. The van der Waals surface area contributed by atoms with Crippen LogP contribution in [0.4, 0.5) is 16.2 Å². The third-order valence-electron chi connectivity index (χ3n) is 5.03. The monoisotopic (exact) mass is 351 g/mol. The number of carbonyl (C=O) groups is 2. The van der Waals surface area contributed by atoms with Crippen LogP contribution in [0.3, 0.4) is 0 Å². The molecular formula is C20H21N3O3. The van der Waals surface area contributed by atoms with E-state index in [2.05, 4.69) is 5.32 Å². The van der Waals surface area contributed by atoms with E-state index in [4.69, 9.17) is 0 Å². The number of benzene rings is 2. The van der Waals surface area contributed by atoms with Crippen LogP contribution in [0.15, 0.2) is 54.6 Å². The maximum atomic E-state index is 13.4. The molecule has 0 aliphatic carbocycles. The molecule has 1 atom stereocenters. The SMILES string of the molecule is O=C1Nc2ccccc2[C@](O)(C(=O)N2CCCCC2)N1c1ccccc1. The molecule has 1 fully saturated rings. The van der Waals surface area contributed by atoms with Crippen molar-refractivity contribution < 1.29 is 14.7 Å². The number of nitrogens with one attached hydrogen (secondary N) is 1. The van der Waals surface area contributed by atoms with E-state index in [9.17, 15) is 14.7 Å². The number of rotatable bonds is 2. The Morgan fingerprint density at radius 2 is 1.62 bits per heavy atom. The topological polar surface area (TPSA) is 72.9 Å². The number of piperidine rings is 1. The largest absolute Gasteiger partial charge is 0.359 e. The number of fused-ring (bicyclic) bond motifs is 1. The molecule has 2 aromatic carbocycles. The second-order valence-corrected chi connectivity index (χ2v) is 6.67. The number of nitrogens with zero attached hydrogens (tertiary/aromatic N) is 2. The van der Waals surface area contributed by atoms with Crippen molar-refractivity contribution in [2.24, 2.45) is 0 Å². The third kappa shape index (κ3) is 2.54. The van der Waals surface area contributed by atoms with Crippen molar-refractivity contribution in [2.45, 2.75) is 25.0 Å². The Bertz CT molecular complexity index is 833. The fourth-order valence-electron chi connectivity index (χ4n) is 3.74. The molecule has 0 aromatic heterocycles. The molecule has 2 N–H and O–H groups in total. The van der Waals surface area contributed by atoms with Gasteiger partial charge < -0.3 is 15.3 Å². The van der Waals surface area contributed by atoms with Gasteiger partial charge in [0, 0.05) is 24.3 Å². The molecule has 0 bridgehead atoms. The Morgan fingerprint density at radius 1 is 0.962 bits per heavy atom. The smallest absolute Gasteiger partial charge is 0.329 e. The Kier molecular flexibility index (Phi) is 4.12. The number of likely N-dealkylation sites (tertiary alicyclic amines) is 1. The van der Waals surface area contributed by atoms with Crippen molar-refractivity contribution in [3.8, 4) is 0 Å². The number of hydrogen-bond donors (Lipinski definition) is 2. The molecule has 1 saturated heterocycles. The molecule has 2 aliphatic rings. The molecule has 0 spiro atoms. The van der Waals surface area contributed by atoms with E-state index in [1.165, 1.54) is 0 Å². The first-order valence-electron chi connectivity index (χ1n) is 8.90. The van der Waals surface area contributed by atoms with E-state index < -0.39 is 17.7 Å². The van der Waals surface area contributed by atoms with Crippen LogP contribution in [0.2, 0.25) is 0 Å². The van der Waals surface area contributed by atoms with E-state index in [0.29, 0.717) is 30.0 Å². The number of amides is 3. The third-order valence-corrected chi connectivity index (χ3v) is 5.03. The highest BCUT2D eigenvalue weighted by Gasteiger charge is 2.53. The van der Waals surface area contributed by atoms with Gasteiger partial charge in [0.05, 0.1) is 5.69 Å². The summed E-state index contributed by atoms with van der Waals surface area (Å²) < 4.78 is 0. The number of anilines is 2. The molecule has 0 unspecified atom stereocenters. The van der Waals surface area contributed by atoms with Crippen molar-refractivity contribution >= 4 is 23.3 Å². The lowest BCUT2D eigenvalue weighted by atomic mass is 9.93. The van der Waals surface area contributed by atoms with Gasteiger partial charge in [0.15, 0.2) is 0 Å². The van der Waals surface area contributed by atoms with Gasteiger partial charge in [-0.15, -0.1) is 0 Å². The molecular weight excluding hydrogens is 330 g/mol. The number of aliphatic hydroxyl groups is 1. The van der Waals surface area contributed by atoms with Crippen LogP contribution in [0.5, 0.6) is 0 Å². The van der Waals surface area contributed by atoms with Gasteiger partial charge in [-0.2, -0.15) is 0 Å². The van der Waals surface area contributed by atoms with Crippen LogP contribution < -0.4 is 10.2 Å². The summed E-state index contributed by atoms with van der Waals surface area (Å²) in [6, 6.07) is 15.2. The van der Waals surface area contributed by atoms with Crippen molar-refractivity contribution in [1.29, 1.82) is 0 Å². The van der Waals surface area contributed by atoms with Gasteiger partial charge in [0.1, 0.15) is 0 Å².